The highest BCUT2D eigenvalue weighted by Gasteiger charge is 2.12. The first-order valence-electron chi connectivity index (χ1n) is 6.63. The molecule has 5 heteroatoms. The summed E-state index contributed by atoms with van der Waals surface area (Å²) in [6, 6.07) is 8.54. The number of aromatic nitrogens is 2. The van der Waals surface area contributed by atoms with Gasteiger partial charge >= 0.3 is 0 Å². The molecule has 1 saturated heterocycles. The van der Waals surface area contributed by atoms with E-state index in [0.717, 1.165) is 43.7 Å². The Hall–Kier alpha value is -1.88. The summed E-state index contributed by atoms with van der Waals surface area (Å²) < 4.78 is 10.7. The predicted molar refractivity (Wildman–Crippen MR) is 71.8 cm³/mol. The van der Waals surface area contributed by atoms with Crippen LogP contribution in [0.3, 0.4) is 0 Å². The van der Waals surface area contributed by atoms with Gasteiger partial charge in [-0.1, -0.05) is 6.07 Å². The smallest absolute Gasteiger partial charge is 0.247 e. The quantitative estimate of drug-likeness (QED) is 0.918. The van der Waals surface area contributed by atoms with Crippen molar-refractivity contribution in [2.24, 2.45) is 0 Å². The number of rotatable bonds is 3. The van der Waals surface area contributed by atoms with Gasteiger partial charge in [-0.2, -0.15) is 0 Å². The van der Waals surface area contributed by atoms with E-state index in [2.05, 4.69) is 21.6 Å². The third kappa shape index (κ3) is 3.12. The van der Waals surface area contributed by atoms with Crippen LogP contribution in [-0.4, -0.2) is 29.5 Å². The maximum Gasteiger partial charge on any atom is 0.247 e. The molecule has 1 aliphatic rings. The van der Waals surface area contributed by atoms with Crippen LogP contribution in [0.4, 0.5) is 5.69 Å². The van der Waals surface area contributed by atoms with Crippen molar-refractivity contribution in [2.75, 3.05) is 18.5 Å². The minimum absolute atomic E-state index is 0.473. The molecule has 1 aromatic heterocycles. The average molecular weight is 259 g/mol. The Kier molecular flexibility index (Phi) is 3.74. The Morgan fingerprint density at radius 1 is 1.21 bits per heavy atom. The number of nitrogens with zero attached hydrogens (tertiary/aromatic N) is 2. The molecule has 5 nitrogen and oxygen atoms in total. The SMILES string of the molecule is c1cc(NC2CCCOCC2)cc(-c2nnco2)c1. The molecule has 19 heavy (non-hydrogen) atoms. The minimum Gasteiger partial charge on any atom is -0.423 e. The number of anilines is 1. The molecule has 3 rings (SSSR count). The maximum absolute atomic E-state index is 5.47. The van der Waals surface area contributed by atoms with E-state index in [9.17, 15) is 0 Å². The van der Waals surface area contributed by atoms with Gasteiger partial charge in [0.2, 0.25) is 12.3 Å². The molecule has 0 bridgehead atoms. The Morgan fingerprint density at radius 2 is 2.21 bits per heavy atom. The van der Waals surface area contributed by atoms with Gasteiger partial charge in [-0.15, -0.1) is 10.2 Å². The van der Waals surface area contributed by atoms with Crippen molar-refractivity contribution in [2.45, 2.75) is 25.3 Å². The fourth-order valence-corrected chi connectivity index (χ4v) is 2.32. The fourth-order valence-electron chi connectivity index (χ4n) is 2.32. The normalized spacial score (nSPS) is 19.9. The predicted octanol–water partition coefficient (Wildman–Crippen LogP) is 2.72. The van der Waals surface area contributed by atoms with Gasteiger partial charge in [0.05, 0.1) is 0 Å². The van der Waals surface area contributed by atoms with Gasteiger partial charge in [-0.05, 0) is 37.5 Å². The molecule has 100 valence electrons. The molecular formula is C14H17N3O2. The summed E-state index contributed by atoms with van der Waals surface area (Å²) in [5.74, 6) is 0.549. The van der Waals surface area contributed by atoms with Crippen LogP contribution < -0.4 is 5.32 Å². The standard InChI is InChI=1S/C14H17N3O2/c1-3-11(14-17-15-10-19-14)9-13(4-1)16-12-5-2-7-18-8-6-12/h1,3-4,9-10,12,16H,2,5-8H2. The molecule has 0 spiro atoms. The highest BCUT2D eigenvalue weighted by atomic mass is 16.5. The monoisotopic (exact) mass is 259 g/mol. The Bertz CT molecular complexity index is 505. The van der Waals surface area contributed by atoms with Crippen LogP contribution in [0.5, 0.6) is 0 Å². The zero-order chi connectivity index (χ0) is 12.9. The van der Waals surface area contributed by atoms with Crippen molar-refractivity contribution in [1.82, 2.24) is 10.2 Å². The van der Waals surface area contributed by atoms with Gasteiger partial charge in [0, 0.05) is 30.5 Å². The topological polar surface area (TPSA) is 60.2 Å². The molecule has 1 fully saturated rings. The van der Waals surface area contributed by atoms with Crippen LogP contribution in [0.25, 0.3) is 11.5 Å². The van der Waals surface area contributed by atoms with Gasteiger partial charge < -0.3 is 14.5 Å². The van der Waals surface area contributed by atoms with Crippen LogP contribution in [0.1, 0.15) is 19.3 Å². The first kappa shape index (κ1) is 12.2. The van der Waals surface area contributed by atoms with E-state index >= 15 is 0 Å². The maximum atomic E-state index is 5.47. The molecule has 1 aliphatic heterocycles. The summed E-state index contributed by atoms with van der Waals surface area (Å²) in [4.78, 5) is 0. The molecule has 0 aliphatic carbocycles. The van der Waals surface area contributed by atoms with E-state index in [-0.39, 0.29) is 0 Å². The molecule has 1 unspecified atom stereocenters. The fraction of sp³-hybridized carbons (Fsp3) is 0.429. The Balaban J connectivity index is 1.72. The molecule has 1 N–H and O–H groups in total. The second-order valence-electron chi connectivity index (χ2n) is 4.71. The second kappa shape index (κ2) is 5.84. The summed E-state index contributed by atoms with van der Waals surface area (Å²) in [7, 11) is 0. The lowest BCUT2D eigenvalue weighted by molar-refractivity contribution is 0.144. The van der Waals surface area contributed by atoms with Crippen LogP contribution >= 0.6 is 0 Å². The van der Waals surface area contributed by atoms with Gasteiger partial charge in [-0.3, -0.25) is 0 Å². The van der Waals surface area contributed by atoms with E-state index in [4.69, 9.17) is 9.15 Å². The van der Waals surface area contributed by atoms with Crippen molar-refractivity contribution in [3.05, 3.63) is 30.7 Å². The molecule has 1 aromatic carbocycles. The van der Waals surface area contributed by atoms with Crippen molar-refractivity contribution in [3.63, 3.8) is 0 Å². The van der Waals surface area contributed by atoms with E-state index in [1.165, 1.54) is 6.39 Å². The summed E-state index contributed by atoms with van der Waals surface area (Å²) >= 11 is 0. The zero-order valence-electron chi connectivity index (χ0n) is 10.7. The van der Waals surface area contributed by atoms with Gasteiger partial charge in [0.1, 0.15) is 0 Å². The van der Waals surface area contributed by atoms with Crippen LogP contribution in [0.15, 0.2) is 35.1 Å². The van der Waals surface area contributed by atoms with E-state index < -0.39 is 0 Å². The number of benzene rings is 1. The van der Waals surface area contributed by atoms with Crippen LogP contribution in [0.2, 0.25) is 0 Å². The lowest BCUT2D eigenvalue weighted by Gasteiger charge is -2.17. The van der Waals surface area contributed by atoms with E-state index in [1.807, 2.05) is 18.2 Å². The highest BCUT2D eigenvalue weighted by molar-refractivity contribution is 5.61. The largest absolute Gasteiger partial charge is 0.423 e. The molecule has 0 amide bonds. The summed E-state index contributed by atoms with van der Waals surface area (Å²) in [5.41, 5.74) is 2.02. The number of hydrogen-bond acceptors (Lipinski definition) is 5. The third-order valence-corrected chi connectivity index (χ3v) is 3.29. The second-order valence-corrected chi connectivity index (χ2v) is 4.71. The Labute approximate surface area is 112 Å². The average Bonchev–Trinajstić information content (AvgIpc) is 2.86. The van der Waals surface area contributed by atoms with Crippen molar-refractivity contribution in [3.8, 4) is 11.5 Å². The molecule has 0 saturated carbocycles. The number of nitrogens with one attached hydrogen (secondary N) is 1. The van der Waals surface area contributed by atoms with Crippen molar-refractivity contribution in [1.29, 1.82) is 0 Å². The Morgan fingerprint density at radius 3 is 3.11 bits per heavy atom. The molecule has 2 heterocycles. The first-order valence-corrected chi connectivity index (χ1v) is 6.63. The molecular weight excluding hydrogens is 242 g/mol. The van der Waals surface area contributed by atoms with E-state index in [1.54, 1.807) is 0 Å². The van der Waals surface area contributed by atoms with Crippen molar-refractivity contribution >= 4 is 5.69 Å². The molecule has 1 atom stereocenters. The third-order valence-electron chi connectivity index (χ3n) is 3.29. The summed E-state index contributed by atoms with van der Waals surface area (Å²) in [6.45, 7) is 1.71. The number of hydrogen-bond donors (Lipinski definition) is 1. The molecule has 0 radical (unpaired) electrons. The van der Waals surface area contributed by atoms with Gasteiger partial charge in [0.25, 0.3) is 0 Å². The lowest BCUT2D eigenvalue weighted by atomic mass is 10.1. The minimum atomic E-state index is 0.473. The zero-order valence-corrected chi connectivity index (χ0v) is 10.7. The van der Waals surface area contributed by atoms with Crippen LogP contribution in [-0.2, 0) is 4.74 Å². The van der Waals surface area contributed by atoms with E-state index in [0.29, 0.717) is 11.9 Å². The van der Waals surface area contributed by atoms with Crippen molar-refractivity contribution < 1.29 is 9.15 Å². The van der Waals surface area contributed by atoms with Gasteiger partial charge in [-0.25, -0.2) is 0 Å². The number of ether oxygens (including phenoxy) is 1. The summed E-state index contributed by atoms with van der Waals surface area (Å²) in [5, 5.41) is 11.2. The van der Waals surface area contributed by atoms with Gasteiger partial charge in [0.15, 0.2) is 0 Å². The van der Waals surface area contributed by atoms with Crippen LogP contribution in [0, 0.1) is 0 Å². The lowest BCUT2D eigenvalue weighted by Crippen LogP contribution is -2.19. The summed E-state index contributed by atoms with van der Waals surface area (Å²) in [6.07, 6.45) is 4.65. The highest BCUT2D eigenvalue weighted by Crippen LogP contribution is 2.22. The first-order chi connectivity index (χ1) is 9.42. The molecule has 2 aromatic rings.